The lowest BCUT2D eigenvalue weighted by atomic mass is 10.2. The summed E-state index contributed by atoms with van der Waals surface area (Å²) in [7, 11) is 0. The summed E-state index contributed by atoms with van der Waals surface area (Å²) in [6.07, 6.45) is 2.40. The highest BCUT2D eigenvalue weighted by Gasteiger charge is 2.29. The second kappa shape index (κ2) is 8.26. The Kier molecular flexibility index (Phi) is 6.06. The highest BCUT2D eigenvalue weighted by Crippen LogP contribution is 2.19. The van der Waals surface area contributed by atoms with Gasteiger partial charge in [0.1, 0.15) is 12.4 Å². The van der Waals surface area contributed by atoms with Crippen LogP contribution in [0, 0.1) is 0 Å². The van der Waals surface area contributed by atoms with Crippen molar-refractivity contribution in [2.75, 3.05) is 19.7 Å². The van der Waals surface area contributed by atoms with E-state index in [-0.39, 0.29) is 18.5 Å². The zero-order valence-electron chi connectivity index (χ0n) is 12.5. The molecular formula is C16H22N2O4. The molecule has 1 aliphatic heterocycles. The predicted molar refractivity (Wildman–Crippen MR) is 81.9 cm³/mol. The molecule has 120 valence electrons. The predicted octanol–water partition coefficient (Wildman–Crippen LogP) is 2.10. The number of nitrogens with one attached hydrogen (secondary N) is 1. The Labute approximate surface area is 130 Å². The Bertz CT molecular complexity index is 492. The second-order valence-electron chi connectivity index (χ2n) is 5.34. The number of likely N-dealkylation sites (tertiary alicyclic amines) is 1. The van der Waals surface area contributed by atoms with Gasteiger partial charge >= 0.3 is 12.0 Å². The van der Waals surface area contributed by atoms with Gasteiger partial charge in [0.15, 0.2) is 0 Å². The molecule has 1 heterocycles. The van der Waals surface area contributed by atoms with E-state index in [1.807, 2.05) is 30.3 Å². The van der Waals surface area contributed by atoms with Gasteiger partial charge in [0.2, 0.25) is 0 Å². The van der Waals surface area contributed by atoms with Crippen LogP contribution in [0.3, 0.4) is 0 Å². The number of nitrogens with zero attached hydrogens (tertiary/aromatic N) is 1. The summed E-state index contributed by atoms with van der Waals surface area (Å²) >= 11 is 0. The first kappa shape index (κ1) is 16.1. The van der Waals surface area contributed by atoms with Crippen molar-refractivity contribution in [2.45, 2.75) is 31.7 Å². The van der Waals surface area contributed by atoms with Gasteiger partial charge in [0.25, 0.3) is 0 Å². The largest absolute Gasteiger partial charge is 0.491 e. The standard InChI is InChI=1S/C16H22N2O4/c19-15(20)9-4-10-17-16(21)18-11-5-6-13(18)12-22-14-7-2-1-3-8-14/h1-3,7-8,13H,4-6,9-12H2,(H,17,21)(H,19,20)/t13-/m0/s1. The Balaban J connectivity index is 1.74. The van der Waals surface area contributed by atoms with Crippen LogP contribution in [-0.2, 0) is 4.79 Å². The summed E-state index contributed by atoms with van der Waals surface area (Å²) in [4.78, 5) is 24.3. The monoisotopic (exact) mass is 306 g/mol. The highest BCUT2D eigenvalue weighted by atomic mass is 16.5. The molecule has 0 spiro atoms. The fourth-order valence-electron chi connectivity index (χ4n) is 2.52. The van der Waals surface area contributed by atoms with Crippen molar-refractivity contribution >= 4 is 12.0 Å². The van der Waals surface area contributed by atoms with E-state index < -0.39 is 5.97 Å². The molecule has 1 aromatic rings. The van der Waals surface area contributed by atoms with Crippen molar-refractivity contribution < 1.29 is 19.4 Å². The van der Waals surface area contributed by atoms with Crippen LogP contribution in [0.4, 0.5) is 4.79 Å². The quantitative estimate of drug-likeness (QED) is 0.756. The summed E-state index contributed by atoms with van der Waals surface area (Å²) in [5.41, 5.74) is 0. The average Bonchev–Trinajstić information content (AvgIpc) is 2.99. The molecule has 0 radical (unpaired) electrons. The first-order valence-corrected chi connectivity index (χ1v) is 7.61. The zero-order valence-corrected chi connectivity index (χ0v) is 12.5. The summed E-state index contributed by atoms with van der Waals surface area (Å²) < 4.78 is 5.73. The van der Waals surface area contributed by atoms with E-state index in [9.17, 15) is 9.59 Å². The number of hydrogen-bond donors (Lipinski definition) is 2. The fourth-order valence-corrected chi connectivity index (χ4v) is 2.52. The Morgan fingerprint density at radius 1 is 1.32 bits per heavy atom. The third-order valence-electron chi connectivity index (χ3n) is 3.67. The summed E-state index contributed by atoms with van der Waals surface area (Å²) in [6.45, 7) is 1.58. The maximum absolute atomic E-state index is 12.1. The van der Waals surface area contributed by atoms with Crippen LogP contribution in [0.25, 0.3) is 0 Å². The molecule has 0 bridgehead atoms. The van der Waals surface area contributed by atoms with Crippen molar-refractivity contribution in [2.24, 2.45) is 0 Å². The van der Waals surface area contributed by atoms with E-state index >= 15 is 0 Å². The van der Waals surface area contributed by atoms with Crippen molar-refractivity contribution in [3.05, 3.63) is 30.3 Å². The van der Waals surface area contributed by atoms with Gasteiger partial charge in [-0.1, -0.05) is 18.2 Å². The first-order chi connectivity index (χ1) is 10.7. The molecule has 2 N–H and O–H groups in total. The molecule has 1 atom stereocenters. The number of carboxylic acids is 1. The van der Waals surface area contributed by atoms with Crippen LogP contribution in [0.5, 0.6) is 5.75 Å². The minimum Gasteiger partial charge on any atom is -0.491 e. The highest BCUT2D eigenvalue weighted by molar-refractivity contribution is 5.75. The number of aliphatic carboxylic acids is 1. The number of benzene rings is 1. The molecule has 6 heteroatoms. The van der Waals surface area contributed by atoms with E-state index in [4.69, 9.17) is 9.84 Å². The lowest BCUT2D eigenvalue weighted by Crippen LogP contribution is -2.45. The van der Waals surface area contributed by atoms with Crippen molar-refractivity contribution in [1.82, 2.24) is 10.2 Å². The van der Waals surface area contributed by atoms with Crippen LogP contribution >= 0.6 is 0 Å². The molecule has 0 aliphatic carbocycles. The molecule has 1 fully saturated rings. The summed E-state index contributed by atoms with van der Waals surface area (Å²) in [6, 6.07) is 9.48. The Morgan fingerprint density at radius 2 is 2.09 bits per heavy atom. The second-order valence-corrected chi connectivity index (χ2v) is 5.34. The molecule has 6 nitrogen and oxygen atoms in total. The number of carbonyl (C=O) groups excluding carboxylic acids is 1. The van der Waals surface area contributed by atoms with E-state index in [1.165, 1.54) is 0 Å². The smallest absolute Gasteiger partial charge is 0.317 e. The molecule has 0 unspecified atom stereocenters. The number of carbonyl (C=O) groups is 2. The molecule has 2 rings (SSSR count). The maximum Gasteiger partial charge on any atom is 0.317 e. The van der Waals surface area contributed by atoms with E-state index in [2.05, 4.69) is 5.32 Å². The van der Waals surface area contributed by atoms with E-state index in [0.29, 0.717) is 26.1 Å². The molecule has 1 saturated heterocycles. The van der Waals surface area contributed by atoms with Gasteiger partial charge in [-0.25, -0.2) is 4.79 Å². The SMILES string of the molecule is O=C(O)CCCNC(=O)N1CCC[C@H]1COc1ccccc1. The lowest BCUT2D eigenvalue weighted by molar-refractivity contribution is -0.137. The third kappa shape index (κ3) is 4.95. The average molecular weight is 306 g/mol. The number of urea groups is 1. The van der Waals surface area contributed by atoms with Crippen molar-refractivity contribution in [3.8, 4) is 5.75 Å². The molecule has 0 aromatic heterocycles. The fraction of sp³-hybridized carbons (Fsp3) is 0.500. The Hall–Kier alpha value is -2.24. The van der Waals surface area contributed by atoms with Crippen LogP contribution in [0.2, 0.25) is 0 Å². The summed E-state index contributed by atoms with van der Waals surface area (Å²) in [5.74, 6) is -0.0409. The molecule has 1 aromatic carbocycles. The van der Waals surface area contributed by atoms with Gasteiger partial charge in [-0.3, -0.25) is 4.79 Å². The number of rotatable bonds is 7. The zero-order chi connectivity index (χ0) is 15.8. The minimum absolute atomic E-state index is 0.0691. The van der Waals surface area contributed by atoms with E-state index in [0.717, 1.165) is 18.6 Å². The van der Waals surface area contributed by atoms with Crippen molar-refractivity contribution in [1.29, 1.82) is 0 Å². The topological polar surface area (TPSA) is 78.9 Å². The van der Waals surface area contributed by atoms with Gasteiger partial charge in [-0.15, -0.1) is 0 Å². The number of ether oxygens (including phenoxy) is 1. The first-order valence-electron chi connectivity index (χ1n) is 7.61. The number of amides is 2. The molecular weight excluding hydrogens is 284 g/mol. The van der Waals surface area contributed by atoms with Crippen molar-refractivity contribution in [3.63, 3.8) is 0 Å². The van der Waals surface area contributed by atoms with E-state index in [1.54, 1.807) is 4.90 Å². The van der Waals surface area contributed by atoms with Gasteiger partial charge in [-0.05, 0) is 31.4 Å². The molecule has 0 saturated carbocycles. The minimum atomic E-state index is -0.843. The normalized spacial score (nSPS) is 17.3. The Morgan fingerprint density at radius 3 is 2.82 bits per heavy atom. The molecule has 2 amide bonds. The van der Waals surface area contributed by atoms with Crippen LogP contribution < -0.4 is 10.1 Å². The van der Waals surface area contributed by atoms with Gasteiger partial charge in [0.05, 0.1) is 6.04 Å². The number of hydrogen-bond acceptors (Lipinski definition) is 3. The maximum atomic E-state index is 12.1. The summed E-state index contributed by atoms with van der Waals surface area (Å²) in [5, 5.41) is 11.3. The lowest BCUT2D eigenvalue weighted by Gasteiger charge is -2.25. The van der Waals surface area contributed by atoms with Gasteiger partial charge in [-0.2, -0.15) is 0 Å². The van der Waals surface area contributed by atoms with Crippen LogP contribution in [-0.4, -0.2) is 47.7 Å². The van der Waals surface area contributed by atoms with Gasteiger partial charge in [0, 0.05) is 19.5 Å². The van der Waals surface area contributed by atoms with Gasteiger partial charge < -0.3 is 20.1 Å². The number of para-hydroxylation sites is 1. The third-order valence-corrected chi connectivity index (χ3v) is 3.67. The van der Waals surface area contributed by atoms with Crippen LogP contribution in [0.1, 0.15) is 25.7 Å². The number of carboxylic acid groups (broad SMARTS) is 1. The molecule has 1 aliphatic rings. The molecule has 22 heavy (non-hydrogen) atoms. The van der Waals surface area contributed by atoms with Crippen LogP contribution in [0.15, 0.2) is 30.3 Å².